The Bertz CT molecular complexity index is 1820. The Hall–Kier alpha value is -4.63. The van der Waals surface area contributed by atoms with Crippen LogP contribution in [0.2, 0.25) is 0 Å². The van der Waals surface area contributed by atoms with Crippen molar-refractivity contribution >= 4 is 22.3 Å². The van der Waals surface area contributed by atoms with Gasteiger partial charge in [-0.1, -0.05) is 66.8 Å². The molecule has 0 aromatic heterocycles. The van der Waals surface area contributed by atoms with E-state index in [1.807, 2.05) is 12.1 Å². The predicted octanol–water partition coefficient (Wildman–Crippen LogP) is 10.2. The van der Waals surface area contributed by atoms with Gasteiger partial charge in [0.1, 0.15) is 11.3 Å². The van der Waals surface area contributed by atoms with Crippen molar-refractivity contribution in [1.82, 2.24) is 0 Å². The van der Waals surface area contributed by atoms with Gasteiger partial charge in [-0.15, -0.1) is 0 Å². The zero-order valence-corrected chi connectivity index (χ0v) is 24.2. The summed E-state index contributed by atoms with van der Waals surface area (Å²) in [5.41, 5.74) is 13.2. The second-order valence-electron chi connectivity index (χ2n) is 10.6. The van der Waals surface area contributed by atoms with Crippen molar-refractivity contribution in [3.05, 3.63) is 136 Å². The summed E-state index contributed by atoms with van der Waals surface area (Å²) in [5.74, 6) is 0.801. The standard InChI is InChI=1S/C37H36N2O/c1-8-12-25(5)36(23(2)3)38-28-17-19-31-33(21-28)40-34-22-29(39-37-26(6)14-11-15-27(37)7)18-20-32(34)35(31)30-16-10-9-13-24(30)4/h8-22,39H,1H2,2-7H3/b25-12-,38-28?. The summed E-state index contributed by atoms with van der Waals surface area (Å²) in [4.78, 5) is 5.01. The maximum absolute atomic E-state index is 6.63. The van der Waals surface area contributed by atoms with Gasteiger partial charge in [-0.05, 0) is 93.6 Å². The number of hydrogen-bond donors (Lipinski definition) is 1. The lowest BCUT2D eigenvalue weighted by molar-refractivity contribution is 0.619. The fraction of sp³-hybridized carbons (Fsp3) is 0.162. The summed E-state index contributed by atoms with van der Waals surface area (Å²) in [6.45, 7) is 16.5. The molecule has 0 fully saturated rings. The zero-order valence-electron chi connectivity index (χ0n) is 24.2. The molecule has 0 spiro atoms. The molecule has 1 heterocycles. The van der Waals surface area contributed by atoms with E-state index in [1.54, 1.807) is 6.08 Å². The molecule has 3 nitrogen and oxygen atoms in total. The normalized spacial score (nSPS) is 12.2. The Morgan fingerprint density at radius 2 is 1.52 bits per heavy atom. The molecule has 0 radical (unpaired) electrons. The highest BCUT2D eigenvalue weighted by atomic mass is 16.3. The van der Waals surface area contributed by atoms with E-state index in [-0.39, 0.29) is 0 Å². The van der Waals surface area contributed by atoms with Gasteiger partial charge in [-0.3, -0.25) is 0 Å². The van der Waals surface area contributed by atoms with Crippen LogP contribution < -0.4 is 10.7 Å². The average molecular weight is 525 g/mol. The van der Waals surface area contributed by atoms with Gasteiger partial charge in [-0.2, -0.15) is 0 Å². The minimum Gasteiger partial charge on any atom is -0.456 e. The SMILES string of the molecule is C=C/C=C(/C)C(N=c1ccc2c(-c3ccccc3C)c3ccc(Nc4c(C)cccc4C)cc3oc-2c1)=C(C)C. The highest BCUT2D eigenvalue weighted by Gasteiger charge is 2.19. The van der Waals surface area contributed by atoms with Crippen LogP contribution in [0.4, 0.5) is 11.4 Å². The van der Waals surface area contributed by atoms with Crippen molar-refractivity contribution in [2.24, 2.45) is 4.99 Å². The van der Waals surface area contributed by atoms with Gasteiger partial charge in [0.05, 0.1) is 11.1 Å². The van der Waals surface area contributed by atoms with Crippen molar-refractivity contribution in [3.63, 3.8) is 0 Å². The molecule has 3 aromatic carbocycles. The number of aryl methyl sites for hydroxylation is 3. The first-order chi connectivity index (χ1) is 19.3. The molecule has 0 amide bonds. The lowest BCUT2D eigenvalue weighted by Crippen LogP contribution is -2.05. The van der Waals surface area contributed by atoms with E-state index in [0.29, 0.717) is 0 Å². The van der Waals surface area contributed by atoms with Crippen LogP contribution in [0.3, 0.4) is 0 Å². The van der Waals surface area contributed by atoms with Crippen LogP contribution in [0.1, 0.15) is 37.5 Å². The summed E-state index contributed by atoms with van der Waals surface area (Å²) in [7, 11) is 0. The molecule has 0 saturated heterocycles. The molecule has 0 unspecified atom stereocenters. The van der Waals surface area contributed by atoms with Crippen molar-refractivity contribution in [2.75, 3.05) is 5.32 Å². The Morgan fingerprint density at radius 1 is 0.800 bits per heavy atom. The molecule has 0 atom stereocenters. The largest absolute Gasteiger partial charge is 0.456 e. The third-order valence-electron chi connectivity index (χ3n) is 7.33. The van der Waals surface area contributed by atoms with Gasteiger partial charge in [-0.25, -0.2) is 4.99 Å². The maximum Gasteiger partial charge on any atom is 0.137 e. The van der Waals surface area contributed by atoms with Gasteiger partial charge in [0.15, 0.2) is 0 Å². The molecule has 3 aromatic rings. The van der Waals surface area contributed by atoms with Crippen molar-refractivity contribution in [1.29, 1.82) is 0 Å². The minimum absolute atomic E-state index is 0.801. The van der Waals surface area contributed by atoms with Crippen molar-refractivity contribution in [2.45, 2.75) is 41.5 Å². The molecule has 40 heavy (non-hydrogen) atoms. The molecule has 0 saturated carbocycles. The Kier molecular flexibility index (Phi) is 7.57. The van der Waals surface area contributed by atoms with Gasteiger partial charge < -0.3 is 9.73 Å². The first-order valence-electron chi connectivity index (χ1n) is 13.7. The number of allylic oxidation sites excluding steroid dienone is 4. The van der Waals surface area contributed by atoms with Gasteiger partial charge in [0.25, 0.3) is 0 Å². The summed E-state index contributed by atoms with van der Waals surface area (Å²) in [6, 6.07) is 27.5. The first kappa shape index (κ1) is 27.0. The highest BCUT2D eigenvalue weighted by molar-refractivity contribution is 6.03. The van der Waals surface area contributed by atoms with E-state index in [0.717, 1.165) is 55.9 Å². The van der Waals surface area contributed by atoms with Crippen LogP contribution in [0.5, 0.6) is 0 Å². The summed E-state index contributed by atoms with van der Waals surface area (Å²) in [5, 5.41) is 5.55. The molecule has 200 valence electrons. The molecular weight excluding hydrogens is 488 g/mol. The summed E-state index contributed by atoms with van der Waals surface area (Å²) in [6.07, 6.45) is 3.79. The fourth-order valence-electron chi connectivity index (χ4n) is 5.30. The van der Waals surface area contributed by atoms with Crippen LogP contribution in [0, 0.1) is 20.8 Å². The number of nitrogens with one attached hydrogen (secondary N) is 1. The number of benzene rings is 4. The number of anilines is 2. The average Bonchev–Trinajstić information content (AvgIpc) is 2.92. The topological polar surface area (TPSA) is 37.5 Å². The van der Waals surface area contributed by atoms with Gasteiger partial charge >= 0.3 is 0 Å². The van der Waals surface area contributed by atoms with E-state index < -0.39 is 0 Å². The van der Waals surface area contributed by atoms with E-state index >= 15 is 0 Å². The Labute approximate surface area is 237 Å². The van der Waals surface area contributed by atoms with Gasteiger partial charge in [0, 0.05) is 40.0 Å². The van der Waals surface area contributed by atoms with Crippen LogP contribution in [0.25, 0.3) is 33.4 Å². The number of hydrogen-bond acceptors (Lipinski definition) is 3. The molecule has 5 rings (SSSR count). The van der Waals surface area contributed by atoms with Crippen LogP contribution in [0.15, 0.2) is 124 Å². The monoisotopic (exact) mass is 524 g/mol. The second kappa shape index (κ2) is 11.2. The quantitative estimate of drug-likeness (QED) is 0.177. The van der Waals surface area contributed by atoms with Crippen LogP contribution >= 0.6 is 0 Å². The number of nitrogens with zero attached hydrogens (tertiary/aromatic N) is 1. The van der Waals surface area contributed by atoms with E-state index in [9.17, 15) is 0 Å². The van der Waals surface area contributed by atoms with Crippen LogP contribution in [-0.4, -0.2) is 0 Å². The van der Waals surface area contributed by atoms with Crippen molar-refractivity contribution in [3.8, 4) is 22.5 Å². The van der Waals surface area contributed by atoms with Crippen LogP contribution in [-0.2, 0) is 0 Å². The van der Waals surface area contributed by atoms with Crippen molar-refractivity contribution < 1.29 is 4.42 Å². The highest BCUT2D eigenvalue weighted by Crippen LogP contribution is 2.42. The lowest BCUT2D eigenvalue weighted by atomic mass is 9.91. The molecule has 1 N–H and O–H groups in total. The Morgan fingerprint density at radius 3 is 2.23 bits per heavy atom. The maximum atomic E-state index is 6.63. The van der Waals surface area contributed by atoms with Gasteiger partial charge in [0.2, 0.25) is 0 Å². The molecule has 1 aliphatic heterocycles. The minimum atomic E-state index is 0.801. The first-order valence-corrected chi connectivity index (χ1v) is 13.7. The zero-order chi connectivity index (χ0) is 28.4. The third-order valence-corrected chi connectivity index (χ3v) is 7.33. The third kappa shape index (κ3) is 5.28. The molecule has 3 heteroatoms. The molecule has 0 bridgehead atoms. The fourth-order valence-corrected chi connectivity index (χ4v) is 5.30. The number of para-hydroxylation sites is 1. The number of fused-ring (bicyclic) bond motifs is 2. The number of rotatable bonds is 6. The van der Waals surface area contributed by atoms with E-state index in [1.165, 1.54) is 27.8 Å². The second-order valence-corrected chi connectivity index (χ2v) is 10.6. The summed E-state index contributed by atoms with van der Waals surface area (Å²) < 4.78 is 6.63. The lowest BCUT2D eigenvalue weighted by Gasteiger charge is -2.18. The smallest absolute Gasteiger partial charge is 0.137 e. The molecule has 1 aliphatic carbocycles. The predicted molar refractivity (Wildman–Crippen MR) is 170 cm³/mol. The van der Waals surface area contributed by atoms with E-state index in [2.05, 4.69) is 126 Å². The molecular formula is C37H36N2O. The molecule has 2 aliphatic rings. The summed E-state index contributed by atoms with van der Waals surface area (Å²) >= 11 is 0. The Balaban J connectivity index is 1.76. The van der Waals surface area contributed by atoms with E-state index in [4.69, 9.17) is 9.41 Å².